The second-order valence-electron chi connectivity index (χ2n) is 8.86. The average molecular weight is 448 g/mol. The average Bonchev–Trinajstić information content (AvgIpc) is 2.98. The lowest BCUT2D eigenvalue weighted by Crippen LogP contribution is -2.50. The van der Waals surface area contributed by atoms with Gasteiger partial charge in [0, 0.05) is 35.2 Å². The molecule has 6 heteroatoms. The highest BCUT2D eigenvalue weighted by molar-refractivity contribution is 9.10. The summed E-state index contributed by atoms with van der Waals surface area (Å²) in [5.74, 6) is 1.52. The number of halogens is 1. The number of hydrogen-bond acceptors (Lipinski definition) is 4. The summed E-state index contributed by atoms with van der Waals surface area (Å²) in [6.07, 6.45) is 7.29. The standard InChI is InChI=1S/C22H30BrN3O2/c1-14(2)15-3-6-17(7-4-15)25-11-9-18(10-12-25)26-20-8-5-16(23)13-19(20)21(24-28)22(26)27/h5,8,13-15,17-18,28H,3-4,6-7,9-12H2,1-2H3/b24-21-. The van der Waals surface area contributed by atoms with E-state index in [1.807, 2.05) is 23.1 Å². The lowest BCUT2D eigenvalue weighted by Gasteiger charge is -2.43. The molecule has 5 nitrogen and oxygen atoms in total. The van der Waals surface area contributed by atoms with Crippen molar-refractivity contribution in [1.82, 2.24) is 4.90 Å². The van der Waals surface area contributed by atoms with E-state index in [1.165, 1.54) is 25.7 Å². The van der Waals surface area contributed by atoms with E-state index in [9.17, 15) is 10.0 Å². The third-order valence-corrected chi connectivity index (χ3v) is 7.55. The summed E-state index contributed by atoms with van der Waals surface area (Å²) in [7, 11) is 0. The van der Waals surface area contributed by atoms with Crippen LogP contribution in [0.15, 0.2) is 27.8 Å². The lowest BCUT2D eigenvalue weighted by atomic mass is 9.79. The normalized spacial score (nSPS) is 28.4. The fraction of sp³-hybridized carbons (Fsp3) is 0.636. The fourth-order valence-corrected chi connectivity index (χ4v) is 5.71. The molecule has 0 bridgehead atoms. The maximum absolute atomic E-state index is 12.9. The molecule has 0 atom stereocenters. The van der Waals surface area contributed by atoms with Gasteiger partial charge in [0.15, 0.2) is 5.71 Å². The third-order valence-electron chi connectivity index (χ3n) is 7.06. The van der Waals surface area contributed by atoms with Crippen molar-refractivity contribution >= 4 is 33.2 Å². The summed E-state index contributed by atoms with van der Waals surface area (Å²) < 4.78 is 0.883. The highest BCUT2D eigenvalue weighted by Gasteiger charge is 2.40. The predicted molar refractivity (Wildman–Crippen MR) is 115 cm³/mol. The van der Waals surface area contributed by atoms with Crippen LogP contribution in [0.4, 0.5) is 5.69 Å². The molecule has 0 unspecified atom stereocenters. The number of benzene rings is 1. The minimum Gasteiger partial charge on any atom is -0.410 e. The lowest BCUT2D eigenvalue weighted by molar-refractivity contribution is -0.113. The predicted octanol–water partition coefficient (Wildman–Crippen LogP) is 4.65. The zero-order valence-electron chi connectivity index (χ0n) is 16.8. The van der Waals surface area contributed by atoms with Gasteiger partial charge in [0.2, 0.25) is 0 Å². The van der Waals surface area contributed by atoms with E-state index in [-0.39, 0.29) is 17.7 Å². The van der Waals surface area contributed by atoms with Gasteiger partial charge < -0.3 is 15.0 Å². The molecular formula is C22H30BrN3O2. The summed E-state index contributed by atoms with van der Waals surface area (Å²) in [5, 5.41) is 12.7. The van der Waals surface area contributed by atoms with Gasteiger partial charge in [-0.05, 0) is 68.6 Å². The van der Waals surface area contributed by atoms with Crippen LogP contribution >= 0.6 is 15.9 Å². The Morgan fingerprint density at radius 1 is 1.07 bits per heavy atom. The number of carbonyl (C=O) groups is 1. The Labute approximate surface area is 175 Å². The first-order chi connectivity index (χ1) is 13.5. The third kappa shape index (κ3) is 3.61. The smallest absolute Gasteiger partial charge is 0.281 e. The Morgan fingerprint density at radius 2 is 1.75 bits per heavy atom. The van der Waals surface area contributed by atoms with Crippen LogP contribution in [0.3, 0.4) is 0 Å². The van der Waals surface area contributed by atoms with Crippen LogP contribution in [0.25, 0.3) is 0 Å². The zero-order valence-corrected chi connectivity index (χ0v) is 18.4. The highest BCUT2D eigenvalue weighted by Crippen LogP contribution is 2.37. The number of nitrogens with zero attached hydrogens (tertiary/aromatic N) is 3. The van der Waals surface area contributed by atoms with Gasteiger partial charge in [-0.15, -0.1) is 0 Å². The molecule has 1 aliphatic carbocycles. The van der Waals surface area contributed by atoms with Crippen molar-refractivity contribution in [3.05, 3.63) is 28.2 Å². The van der Waals surface area contributed by atoms with Crippen molar-refractivity contribution in [1.29, 1.82) is 0 Å². The topological polar surface area (TPSA) is 56.1 Å². The number of oxime groups is 1. The second kappa shape index (κ2) is 8.15. The molecule has 2 heterocycles. The van der Waals surface area contributed by atoms with E-state index < -0.39 is 0 Å². The van der Waals surface area contributed by atoms with E-state index >= 15 is 0 Å². The first kappa shape index (κ1) is 19.9. The van der Waals surface area contributed by atoms with E-state index in [2.05, 4.69) is 39.8 Å². The van der Waals surface area contributed by atoms with Crippen LogP contribution in [0.5, 0.6) is 0 Å². The summed E-state index contributed by atoms with van der Waals surface area (Å²) in [5.41, 5.74) is 1.75. The van der Waals surface area contributed by atoms with Crippen LogP contribution in [0.2, 0.25) is 0 Å². The molecule has 1 saturated heterocycles. The van der Waals surface area contributed by atoms with E-state index in [4.69, 9.17) is 0 Å². The van der Waals surface area contributed by atoms with E-state index in [1.54, 1.807) is 0 Å². The monoisotopic (exact) mass is 447 g/mol. The first-order valence-electron chi connectivity index (χ1n) is 10.6. The minimum atomic E-state index is -0.175. The molecule has 2 aliphatic heterocycles. The van der Waals surface area contributed by atoms with Crippen LogP contribution < -0.4 is 4.90 Å². The number of piperidine rings is 1. The molecule has 1 amide bonds. The number of amides is 1. The number of carbonyl (C=O) groups excluding carboxylic acids is 1. The molecule has 28 heavy (non-hydrogen) atoms. The van der Waals surface area contributed by atoms with Gasteiger partial charge in [-0.3, -0.25) is 4.79 Å². The number of hydrogen-bond donors (Lipinski definition) is 1. The van der Waals surface area contributed by atoms with Gasteiger partial charge >= 0.3 is 0 Å². The largest absolute Gasteiger partial charge is 0.410 e. The van der Waals surface area contributed by atoms with E-state index in [0.717, 1.165) is 53.5 Å². The van der Waals surface area contributed by atoms with Crippen LogP contribution in [0.1, 0.15) is 57.9 Å². The van der Waals surface area contributed by atoms with Crippen LogP contribution in [-0.2, 0) is 4.79 Å². The van der Waals surface area contributed by atoms with E-state index in [0.29, 0.717) is 6.04 Å². The van der Waals surface area contributed by atoms with Gasteiger partial charge in [-0.2, -0.15) is 0 Å². The summed E-state index contributed by atoms with van der Waals surface area (Å²) >= 11 is 3.45. The molecule has 1 aromatic rings. The molecule has 1 N–H and O–H groups in total. The molecule has 1 aromatic carbocycles. The molecule has 152 valence electrons. The Morgan fingerprint density at radius 3 is 2.36 bits per heavy atom. The second-order valence-corrected chi connectivity index (χ2v) is 9.78. The van der Waals surface area contributed by atoms with Crippen molar-refractivity contribution in [2.24, 2.45) is 17.0 Å². The van der Waals surface area contributed by atoms with Crippen molar-refractivity contribution < 1.29 is 10.0 Å². The van der Waals surface area contributed by atoms with Crippen LogP contribution in [-0.4, -0.2) is 46.9 Å². The zero-order chi connectivity index (χ0) is 19.8. The maximum Gasteiger partial charge on any atom is 0.281 e. The molecular weight excluding hydrogens is 418 g/mol. The molecule has 2 fully saturated rings. The molecule has 4 rings (SSSR count). The maximum atomic E-state index is 12.9. The molecule has 3 aliphatic rings. The highest BCUT2D eigenvalue weighted by atomic mass is 79.9. The molecule has 0 aromatic heterocycles. The number of fused-ring (bicyclic) bond motifs is 1. The molecule has 0 spiro atoms. The van der Waals surface area contributed by atoms with Gasteiger partial charge in [-0.1, -0.05) is 34.9 Å². The van der Waals surface area contributed by atoms with Crippen molar-refractivity contribution in [3.63, 3.8) is 0 Å². The quantitative estimate of drug-likeness (QED) is 0.541. The molecule has 1 saturated carbocycles. The SMILES string of the molecule is CC(C)C1CCC(N2CCC(N3C(=O)/C(=N\O)c4cc(Br)ccc43)CC2)CC1. The Kier molecular flexibility index (Phi) is 5.79. The summed E-state index contributed by atoms with van der Waals surface area (Å²) in [4.78, 5) is 17.4. The van der Waals surface area contributed by atoms with Crippen LogP contribution in [0, 0.1) is 11.8 Å². The van der Waals surface area contributed by atoms with Gasteiger partial charge in [-0.25, -0.2) is 0 Å². The molecule has 0 radical (unpaired) electrons. The number of anilines is 1. The van der Waals surface area contributed by atoms with Gasteiger partial charge in [0.05, 0.1) is 5.69 Å². The number of likely N-dealkylation sites (tertiary alicyclic amines) is 1. The first-order valence-corrected chi connectivity index (χ1v) is 11.4. The van der Waals surface area contributed by atoms with Gasteiger partial charge in [0.1, 0.15) is 0 Å². The summed E-state index contributed by atoms with van der Waals surface area (Å²) in [6.45, 7) is 6.79. The minimum absolute atomic E-state index is 0.158. The Balaban J connectivity index is 1.41. The Bertz CT molecular complexity index is 763. The Hall–Kier alpha value is -1.40. The fourth-order valence-electron chi connectivity index (χ4n) is 5.35. The number of rotatable bonds is 3. The van der Waals surface area contributed by atoms with Gasteiger partial charge in [0.25, 0.3) is 5.91 Å². The van der Waals surface area contributed by atoms with Crippen molar-refractivity contribution in [3.8, 4) is 0 Å². The van der Waals surface area contributed by atoms with Crippen molar-refractivity contribution in [2.75, 3.05) is 18.0 Å². The van der Waals surface area contributed by atoms with Crippen molar-refractivity contribution in [2.45, 2.75) is 64.5 Å². The summed E-state index contributed by atoms with van der Waals surface area (Å²) in [6, 6.07) is 6.65.